The molecule has 0 fully saturated rings. The van der Waals surface area contributed by atoms with Gasteiger partial charge in [-0.2, -0.15) is 0 Å². The zero-order chi connectivity index (χ0) is 22.8. The molecule has 2 aromatic rings. The van der Waals surface area contributed by atoms with Crippen molar-refractivity contribution in [1.82, 2.24) is 4.90 Å². The summed E-state index contributed by atoms with van der Waals surface area (Å²) >= 11 is 20.2. The predicted octanol–water partition coefficient (Wildman–Crippen LogP) is 6.99. The Morgan fingerprint density at radius 3 is 2.69 bits per heavy atom. The van der Waals surface area contributed by atoms with E-state index >= 15 is 0 Å². The van der Waals surface area contributed by atoms with E-state index in [-0.39, 0.29) is 13.2 Å². The Hall–Kier alpha value is -2.12. The van der Waals surface area contributed by atoms with E-state index in [0.717, 1.165) is 16.3 Å². The SMILES string of the molecule is CCOC(=O)C1=C(C)N=C2SC=CN2[C@H]1c1ccc(OCc2ccc(Cl)cc2Cl)c(Cl)c1. The average Bonchev–Trinajstić information content (AvgIpc) is 3.21. The molecule has 0 N–H and O–H groups in total. The number of hydrogen-bond acceptors (Lipinski definition) is 6. The number of aliphatic imine (C=N–C) groups is 1. The first-order valence-electron chi connectivity index (χ1n) is 9.83. The van der Waals surface area contributed by atoms with Gasteiger partial charge in [-0.25, -0.2) is 9.79 Å². The zero-order valence-corrected chi connectivity index (χ0v) is 20.4. The first kappa shape index (κ1) is 23.1. The molecule has 5 nitrogen and oxygen atoms in total. The summed E-state index contributed by atoms with van der Waals surface area (Å²) in [5.41, 5.74) is 2.74. The fourth-order valence-electron chi connectivity index (χ4n) is 3.50. The molecule has 0 aliphatic carbocycles. The Bertz CT molecular complexity index is 1160. The summed E-state index contributed by atoms with van der Waals surface area (Å²) in [6, 6.07) is 10.3. The van der Waals surface area contributed by atoms with Crippen molar-refractivity contribution >= 4 is 57.7 Å². The lowest BCUT2D eigenvalue weighted by Gasteiger charge is -2.33. The minimum absolute atomic E-state index is 0.244. The Morgan fingerprint density at radius 1 is 1.16 bits per heavy atom. The molecule has 0 amide bonds. The van der Waals surface area contributed by atoms with Crippen molar-refractivity contribution in [2.45, 2.75) is 26.5 Å². The molecule has 2 aromatic carbocycles. The highest BCUT2D eigenvalue weighted by molar-refractivity contribution is 8.16. The minimum atomic E-state index is -0.398. The van der Waals surface area contributed by atoms with Crippen LogP contribution in [0, 0.1) is 0 Å². The topological polar surface area (TPSA) is 51.1 Å². The lowest BCUT2D eigenvalue weighted by molar-refractivity contribution is -0.139. The number of ether oxygens (including phenoxy) is 2. The van der Waals surface area contributed by atoms with E-state index in [1.54, 1.807) is 31.2 Å². The monoisotopic (exact) mass is 508 g/mol. The second-order valence-electron chi connectivity index (χ2n) is 7.04. The van der Waals surface area contributed by atoms with Gasteiger partial charge in [0.25, 0.3) is 0 Å². The summed E-state index contributed by atoms with van der Waals surface area (Å²) < 4.78 is 11.2. The number of carbonyl (C=O) groups is 1. The van der Waals surface area contributed by atoms with E-state index in [1.807, 2.05) is 35.6 Å². The number of halogens is 3. The highest BCUT2D eigenvalue weighted by atomic mass is 35.5. The summed E-state index contributed by atoms with van der Waals surface area (Å²) in [6.07, 6.45) is 1.90. The average molecular weight is 510 g/mol. The third-order valence-electron chi connectivity index (χ3n) is 4.99. The number of amidine groups is 1. The third-order valence-corrected chi connectivity index (χ3v) is 6.64. The van der Waals surface area contributed by atoms with Crippen molar-refractivity contribution < 1.29 is 14.3 Å². The molecule has 166 valence electrons. The van der Waals surface area contributed by atoms with Crippen LogP contribution in [0.1, 0.15) is 31.0 Å². The van der Waals surface area contributed by atoms with E-state index < -0.39 is 12.0 Å². The standard InChI is InChI=1S/C23H19Cl3N2O3S/c1-3-30-22(29)20-13(2)27-23-28(8-9-32-23)21(20)14-5-7-19(18(26)10-14)31-12-15-4-6-16(24)11-17(15)25/h4-11,21H,3,12H2,1-2H3/t21-/m0/s1. The van der Waals surface area contributed by atoms with Gasteiger partial charge >= 0.3 is 5.97 Å². The number of carbonyl (C=O) groups excluding carboxylic acids is 1. The predicted molar refractivity (Wildman–Crippen MR) is 130 cm³/mol. The van der Waals surface area contributed by atoms with Gasteiger partial charge in [-0.15, -0.1) is 0 Å². The highest BCUT2D eigenvalue weighted by Crippen LogP contribution is 2.42. The van der Waals surface area contributed by atoms with Gasteiger partial charge in [0.2, 0.25) is 0 Å². The van der Waals surface area contributed by atoms with Crippen LogP contribution >= 0.6 is 46.6 Å². The molecule has 0 spiro atoms. The zero-order valence-electron chi connectivity index (χ0n) is 17.3. The van der Waals surface area contributed by atoms with Crippen molar-refractivity contribution in [2.24, 2.45) is 4.99 Å². The van der Waals surface area contributed by atoms with Crippen molar-refractivity contribution in [3.63, 3.8) is 0 Å². The molecule has 0 saturated heterocycles. The number of nitrogens with zero attached hydrogens (tertiary/aromatic N) is 2. The number of allylic oxidation sites excluding steroid dienone is 1. The normalized spacial score (nSPS) is 17.3. The van der Waals surface area contributed by atoms with Crippen molar-refractivity contribution in [3.05, 3.63) is 85.5 Å². The van der Waals surface area contributed by atoms with Crippen LogP contribution in [0.15, 0.2) is 64.3 Å². The van der Waals surface area contributed by atoms with Gasteiger partial charge in [0, 0.05) is 21.8 Å². The van der Waals surface area contributed by atoms with Crippen LogP contribution in [0.25, 0.3) is 0 Å². The van der Waals surface area contributed by atoms with Gasteiger partial charge < -0.3 is 14.4 Å². The van der Waals surface area contributed by atoms with E-state index in [0.29, 0.717) is 32.1 Å². The molecule has 0 unspecified atom stereocenters. The molecule has 2 heterocycles. The molecular formula is C23H19Cl3N2O3S. The van der Waals surface area contributed by atoms with Gasteiger partial charge in [-0.05, 0) is 49.1 Å². The number of rotatable bonds is 6. The van der Waals surface area contributed by atoms with Gasteiger partial charge in [0.1, 0.15) is 12.4 Å². The quantitative estimate of drug-likeness (QED) is 0.393. The van der Waals surface area contributed by atoms with E-state index in [9.17, 15) is 4.79 Å². The Balaban J connectivity index is 1.62. The smallest absolute Gasteiger partial charge is 0.338 e. The molecule has 0 saturated carbocycles. The van der Waals surface area contributed by atoms with Gasteiger partial charge in [-0.1, -0.05) is 58.7 Å². The highest BCUT2D eigenvalue weighted by Gasteiger charge is 2.37. The van der Waals surface area contributed by atoms with Crippen molar-refractivity contribution in [2.75, 3.05) is 6.61 Å². The Kier molecular flexibility index (Phi) is 7.05. The molecule has 1 atom stereocenters. The second kappa shape index (κ2) is 9.79. The van der Waals surface area contributed by atoms with Crippen LogP contribution in [-0.2, 0) is 16.1 Å². The second-order valence-corrected chi connectivity index (χ2v) is 9.16. The van der Waals surface area contributed by atoms with E-state index in [4.69, 9.17) is 44.3 Å². The van der Waals surface area contributed by atoms with Crippen molar-refractivity contribution in [3.8, 4) is 5.75 Å². The fourth-order valence-corrected chi connectivity index (χ4v) is 4.99. The largest absolute Gasteiger partial charge is 0.487 e. The van der Waals surface area contributed by atoms with Gasteiger partial charge in [-0.3, -0.25) is 0 Å². The molecule has 2 aliphatic heterocycles. The summed E-state index contributed by atoms with van der Waals surface area (Å²) in [4.78, 5) is 19.3. The summed E-state index contributed by atoms with van der Waals surface area (Å²) in [5.74, 6) is 0.118. The molecule has 32 heavy (non-hydrogen) atoms. The molecular weight excluding hydrogens is 491 g/mol. The number of fused-ring (bicyclic) bond motifs is 1. The van der Waals surface area contributed by atoms with Crippen molar-refractivity contribution in [1.29, 1.82) is 0 Å². The number of esters is 1. The van der Waals surface area contributed by atoms with Crippen LogP contribution in [0.2, 0.25) is 15.1 Å². The lowest BCUT2D eigenvalue weighted by atomic mass is 9.94. The first-order valence-corrected chi connectivity index (χ1v) is 11.8. The summed E-state index contributed by atoms with van der Waals surface area (Å²) in [5, 5.41) is 4.24. The molecule has 0 bridgehead atoms. The summed E-state index contributed by atoms with van der Waals surface area (Å²) in [7, 11) is 0. The number of thioether (sulfide) groups is 1. The third kappa shape index (κ3) is 4.64. The van der Waals surface area contributed by atoms with E-state index in [1.165, 1.54) is 11.8 Å². The fraction of sp³-hybridized carbons (Fsp3) is 0.217. The van der Waals surface area contributed by atoms with Gasteiger partial charge in [0.15, 0.2) is 5.17 Å². The van der Waals surface area contributed by atoms with Crippen LogP contribution in [0.4, 0.5) is 0 Å². The van der Waals surface area contributed by atoms with Crippen LogP contribution in [0.5, 0.6) is 5.75 Å². The minimum Gasteiger partial charge on any atom is -0.487 e. The maximum Gasteiger partial charge on any atom is 0.338 e. The van der Waals surface area contributed by atoms with Crippen LogP contribution in [-0.4, -0.2) is 22.6 Å². The van der Waals surface area contributed by atoms with Crippen LogP contribution in [0.3, 0.4) is 0 Å². The number of hydrogen-bond donors (Lipinski definition) is 0. The maximum absolute atomic E-state index is 12.8. The van der Waals surface area contributed by atoms with Crippen LogP contribution < -0.4 is 4.74 Å². The first-order chi connectivity index (χ1) is 15.4. The summed E-state index contributed by atoms with van der Waals surface area (Å²) in [6.45, 7) is 4.12. The molecule has 2 aliphatic rings. The lowest BCUT2D eigenvalue weighted by Crippen LogP contribution is -2.34. The molecule has 9 heteroatoms. The Morgan fingerprint density at radius 2 is 1.97 bits per heavy atom. The Labute approximate surface area is 205 Å². The molecule has 4 rings (SSSR count). The maximum atomic E-state index is 12.8. The van der Waals surface area contributed by atoms with E-state index in [2.05, 4.69) is 4.99 Å². The number of benzene rings is 2. The van der Waals surface area contributed by atoms with Gasteiger partial charge in [0.05, 0.1) is 28.9 Å². The molecule has 0 aromatic heterocycles. The molecule has 0 radical (unpaired) electrons.